The van der Waals surface area contributed by atoms with Crippen LogP contribution < -0.4 is 14.8 Å². The fourth-order valence-corrected chi connectivity index (χ4v) is 4.04. The zero-order valence-electron chi connectivity index (χ0n) is 19.7. The lowest BCUT2D eigenvalue weighted by molar-refractivity contribution is -0.119. The molecule has 0 radical (unpaired) electrons. The monoisotopic (exact) mass is 468 g/mol. The maximum Gasteiger partial charge on any atom is 0.230 e. The number of hydrogen-bond donors (Lipinski definition) is 1. The molecule has 7 heteroatoms. The number of aryl methyl sites for hydroxylation is 1. The fourth-order valence-electron chi connectivity index (χ4n) is 3.21. The van der Waals surface area contributed by atoms with E-state index in [-0.39, 0.29) is 11.9 Å². The number of carbonyl (C=O) groups is 1. The molecule has 1 atom stereocenters. The van der Waals surface area contributed by atoms with Crippen LogP contribution in [-0.2, 0) is 10.5 Å². The summed E-state index contributed by atoms with van der Waals surface area (Å²) in [6.45, 7) is 6.75. The van der Waals surface area contributed by atoms with E-state index in [9.17, 15) is 4.79 Å². The Labute approximate surface area is 200 Å². The smallest absolute Gasteiger partial charge is 0.230 e. The molecule has 1 amide bonds. The largest absolute Gasteiger partial charge is 0.497 e. The molecule has 176 valence electrons. The first-order valence-corrected chi connectivity index (χ1v) is 12.4. The highest BCUT2D eigenvalue weighted by Gasteiger charge is 2.14. The molecule has 2 aromatic carbocycles. The minimum atomic E-state index is -0.0711. The molecule has 3 rings (SSSR count). The highest BCUT2D eigenvalue weighted by atomic mass is 32.2. The normalized spacial score (nSPS) is 11.8. The van der Waals surface area contributed by atoms with Crippen LogP contribution in [0.1, 0.15) is 49.7 Å². The van der Waals surface area contributed by atoms with Crippen molar-refractivity contribution < 1.29 is 18.7 Å². The van der Waals surface area contributed by atoms with Crippen molar-refractivity contribution >= 4 is 17.7 Å². The number of nitrogens with zero attached hydrogens (tertiary/aromatic N) is 1. The number of ether oxygens (including phenoxy) is 2. The van der Waals surface area contributed by atoms with Crippen molar-refractivity contribution in [2.75, 3.05) is 19.5 Å². The number of thioether (sulfide) groups is 1. The van der Waals surface area contributed by atoms with E-state index in [0.717, 1.165) is 53.5 Å². The zero-order valence-corrected chi connectivity index (χ0v) is 20.5. The van der Waals surface area contributed by atoms with Crippen molar-refractivity contribution in [3.05, 3.63) is 65.5 Å². The van der Waals surface area contributed by atoms with Crippen molar-refractivity contribution in [3.8, 4) is 23.0 Å². The Balaban J connectivity index is 1.45. The Morgan fingerprint density at radius 3 is 2.48 bits per heavy atom. The van der Waals surface area contributed by atoms with Crippen molar-refractivity contribution in [3.63, 3.8) is 0 Å². The predicted molar refractivity (Wildman–Crippen MR) is 133 cm³/mol. The Hall–Kier alpha value is -2.93. The summed E-state index contributed by atoms with van der Waals surface area (Å²) in [7, 11) is 1.64. The Bertz CT molecular complexity index is 1020. The highest BCUT2D eigenvalue weighted by Crippen LogP contribution is 2.26. The lowest BCUT2D eigenvalue weighted by atomic mass is 10.1. The summed E-state index contributed by atoms with van der Waals surface area (Å²) in [6, 6.07) is 15.4. The van der Waals surface area contributed by atoms with E-state index < -0.39 is 0 Å². The van der Waals surface area contributed by atoms with Crippen LogP contribution in [0.15, 0.2) is 52.9 Å². The fraction of sp³-hybridized carbons (Fsp3) is 0.385. The third-order valence-corrected chi connectivity index (χ3v) is 6.17. The van der Waals surface area contributed by atoms with Gasteiger partial charge in [0.2, 0.25) is 11.8 Å². The Morgan fingerprint density at radius 1 is 1.12 bits per heavy atom. The van der Waals surface area contributed by atoms with Crippen LogP contribution in [0.25, 0.3) is 11.5 Å². The molecule has 1 heterocycles. The molecule has 6 nitrogen and oxygen atoms in total. The standard InChI is InChI=1S/C26H32N2O4S/c1-5-6-15-31-23-13-7-20(8-14-23)18(2)27-25(29)17-33-16-24-19(3)32-26(28-24)21-9-11-22(30-4)12-10-21/h7-14,18H,5-6,15-17H2,1-4H3,(H,27,29)/t18-/m1/s1. The molecule has 0 aliphatic rings. The molecule has 0 aliphatic carbocycles. The summed E-state index contributed by atoms with van der Waals surface area (Å²) < 4.78 is 16.7. The van der Waals surface area contributed by atoms with Gasteiger partial charge < -0.3 is 19.2 Å². The van der Waals surface area contributed by atoms with Crippen LogP contribution in [0.3, 0.4) is 0 Å². The van der Waals surface area contributed by atoms with Crippen LogP contribution in [0.4, 0.5) is 0 Å². The lowest BCUT2D eigenvalue weighted by Gasteiger charge is -2.15. The number of rotatable bonds is 12. The SMILES string of the molecule is CCCCOc1ccc([C@@H](C)NC(=O)CSCc2nc(-c3ccc(OC)cc3)oc2C)cc1. The Morgan fingerprint density at radius 2 is 1.82 bits per heavy atom. The molecule has 0 aliphatic heterocycles. The molecular weight excluding hydrogens is 436 g/mol. The third-order valence-electron chi connectivity index (χ3n) is 5.23. The first kappa shape index (κ1) is 24.7. The van der Waals surface area contributed by atoms with Gasteiger partial charge in [-0.3, -0.25) is 4.79 Å². The van der Waals surface area contributed by atoms with Gasteiger partial charge in [-0.1, -0.05) is 25.5 Å². The number of hydrogen-bond acceptors (Lipinski definition) is 6. The van der Waals surface area contributed by atoms with Gasteiger partial charge in [0, 0.05) is 11.3 Å². The molecule has 0 spiro atoms. The first-order chi connectivity index (χ1) is 16.0. The highest BCUT2D eigenvalue weighted by molar-refractivity contribution is 7.99. The first-order valence-electron chi connectivity index (χ1n) is 11.2. The molecule has 0 fully saturated rings. The average Bonchev–Trinajstić information content (AvgIpc) is 3.20. The summed E-state index contributed by atoms with van der Waals surface area (Å²) in [6.07, 6.45) is 2.15. The van der Waals surface area contributed by atoms with Gasteiger partial charge in [0.15, 0.2) is 0 Å². The van der Waals surface area contributed by atoms with E-state index in [1.165, 1.54) is 11.8 Å². The molecule has 0 bridgehead atoms. The number of amides is 1. The minimum Gasteiger partial charge on any atom is -0.497 e. The van der Waals surface area contributed by atoms with E-state index in [2.05, 4.69) is 17.2 Å². The number of carbonyl (C=O) groups excluding carboxylic acids is 1. The van der Waals surface area contributed by atoms with Crippen molar-refractivity contribution in [2.45, 2.75) is 45.4 Å². The topological polar surface area (TPSA) is 73.6 Å². The zero-order chi connectivity index (χ0) is 23.6. The van der Waals surface area contributed by atoms with Gasteiger partial charge in [0.25, 0.3) is 0 Å². The summed E-state index contributed by atoms with van der Waals surface area (Å²) in [5.74, 6) is 3.94. The maximum absolute atomic E-state index is 12.4. The van der Waals surface area contributed by atoms with Gasteiger partial charge in [0.1, 0.15) is 17.3 Å². The molecule has 33 heavy (non-hydrogen) atoms. The quantitative estimate of drug-likeness (QED) is 0.331. The van der Waals surface area contributed by atoms with Crippen LogP contribution in [0.5, 0.6) is 11.5 Å². The van der Waals surface area contributed by atoms with Crippen LogP contribution in [0, 0.1) is 6.92 Å². The van der Waals surface area contributed by atoms with Crippen LogP contribution in [0.2, 0.25) is 0 Å². The Kier molecular flexibility index (Phi) is 9.24. The molecular formula is C26H32N2O4S. The maximum atomic E-state index is 12.4. The van der Waals surface area contributed by atoms with Gasteiger partial charge in [-0.05, 0) is 62.2 Å². The second kappa shape index (κ2) is 12.3. The van der Waals surface area contributed by atoms with Crippen LogP contribution >= 0.6 is 11.8 Å². The molecule has 1 aromatic heterocycles. The number of aromatic nitrogens is 1. The summed E-state index contributed by atoms with van der Waals surface area (Å²) in [4.78, 5) is 17.0. The van der Waals surface area contributed by atoms with Crippen molar-refractivity contribution in [1.29, 1.82) is 0 Å². The summed E-state index contributed by atoms with van der Waals surface area (Å²) >= 11 is 1.52. The van der Waals surface area contributed by atoms with E-state index in [1.807, 2.05) is 62.4 Å². The van der Waals surface area contributed by atoms with E-state index in [0.29, 0.717) is 17.4 Å². The van der Waals surface area contributed by atoms with E-state index in [4.69, 9.17) is 13.9 Å². The van der Waals surface area contributed by atoms with Gasteiger partial charge in [-0.2, -0.15) is 0 Å². The number of unbranched alkanes of at least 4 members (excludes halogenated alkanes) is 1. The minimum absolute atomic E-state index is 0.00713. The van der Waals surface area contributed by atoms with Crippen molar-refractivity contribution in [2.24, 2.45) is 0 Å². The lowest BCUT2D eigenvalue weighted by Crippen LogP contribution is -2.28. The van der Waals surface area contributed by atoms with Gasteiger partial charge in [-0.15, -0.1) is 11.8 Å². The van der Waals surface area contributed by atoms with Gasteiger partial charge in [0.05, 0.1) is 31.2 Å². The van der Waals surface area contributed by atoms with E-state index >= 15 is 0 Å². The molecule has 0 unspecified atom stereocenters. The number of oxazole rings is 1. The molecule has 0 saturated heterocycles. The second-order valence-electron chi connectivity index (χ2n) is 7.80. The van der Waals surface area contributed by atoms with Gasteiger partial charge >= 0.3 is 0 Å². The number of nitrogens with one attached hydrogen (secondary N) is 1. The summed E-state index contributed by atoms with van der Waals surface area (Å²) in [5.41, 5.74) is 2.79. The van der Waals surface area contributed by atoms with Crippen molar-refractivity contribution in [1.82, 2.24) is 10.3 Å². The average molecular weight is 469 g/mol. The molecule has 0 saturated carbocycles. The predicted octanol–water partition coefficient (Wildman–Crippen LogP) is 5.95. The number of benzene rings is 2. The molecule has 1 N–H and O–H groups in total. The summed E-state index contributed by atoms with van der Waals surface area (Å²) in [5, 5.41) is 3.05. The molecule has 3 aromatic rings. The van der Waals surface area contributed by atoms with Gasteiger partial charge in [-0.25, -0.2) is 4.98 Å². The third kappa shape index (κ3) is 7.29. The number of methoxy groups -OCH3 is 1. The van der Waals surface area contributed by atoms with Crippen LogP contribution in [-0.4, -0.2) is 30.4 Å². The second-order valence-corrected chi connectivity index (χ2v) is 8.79. The van der Waals surface area contributed by atoms with E-state index in [1.54, 1.807) is 7.11 Å².